The van der Waals surface area contributed by atoms with Gasteiger partial charge in [0, 0.05) is 5.56 Å². The zero-order valence-corrected chi connectivity index (χ0v) is 16.2. The van der Waals surface area contributed by atoms with Gasteiger partial charge in [-0.05, 0) is 56.3 Å². The van der Waals surface area contributed by atoms with Crippen LogP contribution in [0.2, 0.25) is 5.02 Å². The molecule has 0 fully saturated rings. The first-order valence-corrected chi connectivity index (χ1v) is 9.86. The third kappa shape index (κ3) is 5.29. The SMILES string of the molecule is CCOc1ccc(C(=O)[C@@H](C)OC(=O)c2cc(S(N)(=O)=O)ccc2Cl)cc1. The summed E-state index contributed by atoms with van der Waals surface area (Å²) in [6, 6.07) is 9.79. The molecule has 0 saturated carbocycles. The van der Waals surface area contributed by atoms with Crippen LogP contribution < -0.4 is 9.88 Å². The summed E-state index contributed by atoms with van der Waals surface area (Å²) in [5, 5.41) is 5.03. The van der Waals surface area contributed by atoms with E-state index in [4.69, 9.17) is 26.2 Å². The highest BCUT2D eigenvalue weighted by atomic mass is 35.5. The van der Waals surface area contributed by atoms with Gasteiger partial charge in [-0.15, -0.1) is 0 Å². The van der Waals surface area contributed by atoms with E-state index in [2.05, 4.69) is 0 Å². The quantitative estimate of drug-likeness (QED) is 0.553. The monoisotopic (exact) mass is 411 g/mol. The summed E-state index contributed by atoms with van der Waals surface area (Å²) < 4.78 is 33.3. The van der Waals surface area contributed by atoms with Crippen LogP contribution in [0.15, 0.2) is 47.4 Å². The lowest BCUT2D eigenvalue weighted by molar-refractivity contribution is 0.0318. The number of hydrogen-bond donors (Lipinski definition) is 1. The molecule has 0 radical (unpaired) electrons. The summed E-state index contributed by atoms with van der Waals surface area (Å²) in [6.45, 7) is 3.75. The third-order valence-electron chi connectivity index (χ3n) is 3.59. The Labute approximate surface area is 162 Å². The van der Waals surface area contributed by atoms with E-state index in [0.717, 1.165) is 6.07 Å². The molecule has 2 rings (SSSR count). The van der Waals surface area contributed by atoms with Gasteiger partial charge in [0.05, 0.1) is 22.1 Å². The molecule has 0 heterocycles. The Hall–Kier alpha value is -2.42. The number of halogens is 1. The molecule has 0 aromatic heterocycles. The molecular weight excluding hydrogens is 394 g/mol. The first-order chi connectivity index (χ1) is 12.6. The predicted molar refractivity (Wildman–Crippen MR) is 99.6 cm³/mol. The van der Waals surface area contributed by atoms with Crippen LogP contribution >= 0.6 is 11.6 Å². The van der Waals surface area contributed by atoms with Gasteiger partial charge < -0.3 is 9.47 Å². The number of nitrogens with two attached hydrogens (primary N) is 1. The predicted octanol–water partition coefficient (Wildman–Crippen LogP) is 2.81. The summed E-state index contributed by atoms with van der Waals surface area (Å²) in [6.07, 6.45) is -1.11. The van der Waals surface area contributed by atoms with Gasteiger partial charge in [-0.1, -0.05) is 11.6 Å². The van der Waals surface area contributed by atoms with Crippen molar-refractivity contribution in [3.8, 4) is 5.75 Å². The van der Waals surface area contributed by atoms with Crippen molar-refractivity contribution in [2.45, 2.75) is 24.8 Å². The molecule has 0 bridgehead atoms. The minimum absolute atomic E-state index is 0.0203. The number of Topliss-reactive ketones (excluding diaryl/α,β-unsaturated/α-hetero) is 1. The van der Waals surface area contributed by atoms with Gasteiger partial charge in [-0.2, -0.15) is 0 Å². The number of rotatable bonds is 7. The Bertz CT molecular complexity index is 956. The van der Waals surface area contributed by atoms with E-state index in [-0.39, 0.29) is 15.5 Å². The van der Waals surface area contributed by atoms with Crippen molar-refractivity contribution in [1.82, 2.24) is 0 Å². The number of ketones is 1. The van der Waals surface area contributed by atoms with Crippen LogP contribution in [0.4, 0.5) is 0 Å². The third-order valence-corrected chi connectivity index (χ3v) is 4.83. The summed E-state index contributed by atoms with van der Waals surface area (Å²) in [7, 11) is -4.02. The molecule has 27 heavy (non-hydrogen) atoms. The maximum Gasteiger partial charge on any atom is 0.340 e. The molecule has 0 saturated heterocycles. The van der Waals surface area contributed by atoms with E-state index in [1.54, 1.807) is 24.3 Å². The number of hydrogen-bond acceptors (Lipinski definition) is 6. The molecule has 0 aliphatic rings. The number of carbonyl (C=O) groups excluding carboxylic acids is 2. The van der Waals surface area contributed by atoms with E-state index < -0.39 is 27.9 Å². The van der Waals surface area contributed by atoms with Crippen molar-refractivity contribution in [1.29, 1.82) is 0 Å². The standard InChI is InChI=1S/C18H18ClNO6S/c1-3-25-13-6-4-12(5-7-13)17(21)11(2)26-18(22)15-10-14(27(20,23)24)8-9-16(15)19/h4-11H,3H2,1-2H3,(H2,20,23,24)/t11-/m1/s1. The summed E-state index contributed by atoms with van der Waals surface area (Å²) in [5.74, 6) is -0.743. The van der Waals surface area contributed by atoms with Crippen molar-refractivity contribution in [3.05, 3.63) is 58.6 Å². The number of primary sulfonamides is 1. The number of esters is 1. The van der Waals surface area contributed by atoms with E-state index in [1.165, 1.54) is 19.1 Å². The van der Waals surface area contributed by atoms with Crippen LogP contribution in [0, 0.1) is 0 Å². The average Bonchev–Trinajstić information content (AvgIpc) is 2.61. The smallest absolute Gasteiger partial charge is 0.340 e. The largest absolute Gasteiger partial charge is 0.494 e. The van der Waals surface area contributed by atoms with Gasteiger partial charge in [0.25, 0.3) is 0 Å². The minimum Gasteiger partial charge on any atom is -0.494 e. The molecule has 0 amide bonds. The fraction of sp³-hybridized carbons (Fsp3) is 0.222. The van der Waals surface area contributed by atoms with Crippen molar-refractivity contribution in [3.63, 3.8) is 0 Å². The molecule has 7 nitrogen and oxygen atoms in total. The van der Waals surface area contributed by atoms with Crippen molar-refractivity contribution >= 4 is 33.4 Å². The van der Waals surface area contributed by atoms with Crippen molar-refractivity contribution in [2.24, 2.45) is 5.14 Å². The second-order valence-corrected chi connectivity index (χ2v) is 7.52. The Kier molecular flexibility index (Phi) is 6.59. The average molecular weight is 412 g/mol. The lowest BCUT2D eigenvalue weighted by atomic mass is 10.1. The van der Waals surface area contributed by atoms with Crippen molar-refractivity contribution < 1.29 is 27.5 Å². The van der Waals surface area contributed by atoms with Crippen molar-refractivity contribution in [2.75, 3.05) is 6.61 Å². The Morgan fingerprint density at radius 1 is 1.15 bits per heavy atom. The number of benzene rings is 2. The summed E-state index contributed by atoms with van der Waals surface area (Å²) in [4.78, 5) is 24.5. The zero-order valence-electron chi connectivity index (χ0n) is 14.6. The van der Waals surface area contributed by atoms with E-state index in [1.807, 2.05) is 6.92 Å². The minimum atomic E-state index is -4.02. The fourth-order valence-electron chi connectivity index (χ4n) is 2.23. The maximum absolute atomic E-state index is 12.4. The first kappa shape index (κ1) is 20.9. The van der Waals surface area contributed by atoms with Crippen LogP contribution in [0.3, 0.4) is 0 Å². The van der Waals surface area contributed by atoms with Gasteiger partial charge in [-0.3, -0.25) is 4.79 Å². The van der Waals surface area contributed by atoms with Crippen LogP contribution in [0.1, 0.15) is 34.6 Å². The highest BCUT2D eigenvalue weighted by molar-refractivity contribution is 7.89. The topological polar surface area (TPSA) is 113 Å². The lowest BCUT2D eigenvalue weighted by Gasteiger charge is -2.14. The Balaban J connectivity index is 2.16. The second kappa shape index (κ2) is 8.51. The molecule has 0 aliphatic heterocycles. The maximum atomic E-state index is 12.4. The summed E-state index contributed by atoms with van der Waals surface area (Å²) >= 11 is 5.93. The molecule has 2 aromatic carbocycles. The molecule has 0 aliphatic carbocycles. The van der Waals surface area contributed by atoms with Crippen LogP contribution in [-0.4, -0.2) is 32.9 Å². The number of sulfonamides is 1. The van der Waals surface area contributed by atoms with Gasteiger partial charge >= 0.3 is 5.97 Å². The molecule has 144 valence electrons. The number of ether oxygens (including phenoxy) is 2. The number of carbonyl (C=O) groups is 2. The van der Waals surface area contributed by atoms with Gasteiger partial charge in [-0.25, -0.2) is 18.4 Å². The van der Waals surface area contributed by atoms with Gasteiger partial charge in [0.1, 0.15) is 5.75 Å². The molecule has 2 aromatic rings. The van der Waals surface area contributed by atoms with E-state index >= 15 is 0 Å². The lowest BCUT2D eigenvalue weighted by Crippen LogP contribution is -2.25. The van der Waals surface area contributed by atoms with Crippen LogP contribution in [0.5, 0.6) is 5.75 Å². The fourth-order valence-corrected chi connectivity index (χ4v) is 2.97. The Morgan fingerprint density at radius 3 is 2.33 bits per heavy atom. The molecule has 0 unspecified atom stereocenters. The van der Waals surface area contributed by atoms with Crippen LogP contribution in [-0.2, 0) is 14.8 Å². The molecule has 9 heteroatoms. The second-order valence-electron chi connectivity index (χ2n) is 5.56. The van der Waals surface area contributed by atoms with E-state index in [9.17, 15) is 18.0 Å². The first-order valence-electron chi connectivity index (χ1n) is 7.94. The van der Waals surface area contributed by atoms with E-state index in [0.29, 0.717) is 17.9 Å². The highest BCUT2D eigenvalue weighted by Crippen LogP contribution is 2.22. The zero-order chi connectivity index (χ0) is 20.2. The summed E-state index contributed by atoms with van der Waals surface area (Å²) in [5.41, 5.74) is 0.137. The molecular formula is C18H18ClNO6S. The molecule has 0 spiro atoms. The highest BCUT2D eigenvalue weighted by Gasteiger charge is 2.23. The Morgan fingerprint density at radius 2 is 1.78 bits per heavy atom. The van der Waals surface area contributed by atoms with Crippen LogP contribution in [0.25, 0.3) is 0 Å². The van der Waals surface area contributed by atoms with Gasteiger partial charge in [0.2, 0.25) is 15.8 Å². The molecule has 2 N–H and O–H groups in total. The molecule has 1 atom stereocenters. The normalized spacial score (nSPS) is 12.3. The van der Waals surface area contributed by atoms with Gasteiger partial charge in [0.15, 0.2) is 6.10 Å².